The fourth-order valence-corrected chi connectivity index (χ4v) is 2.10. The Labute approximate surface area is 116 Å². The third-order valence-corrected chi connectivity index (χ3v) is 3.19. The lowest BCUT2D eigenvalue weighted by Gasteiger charge is -2.03. The van der Waals surface area contributed by atoms with E-state index in [4.69, 9.17) is 10.3 Å². The number of hydrogen-bond donors (Lipinski definition) is 1. The fourth-order valence-electron chi connectivity index (χ4n) is 2.10. The topological polar surface area (TPSA) is 82.8 Å². The van der Waals surface area contributed by atoms with E-state index in [2.05, 4.69) is 15.1 Å². The molecule has 0 unspecified atom stereocenters. The average molecular weight is 269 g/mol. The molecule has 0 saturated carbocycles. The molecule has 6 heteroatoms. The minimum atomic E-state index is 0.499. The summed E-state index contributed by atoms with van der Waals surface area (Å²) in [7, 11) is 1.89. The van der Waals surface area contributed by atoms with Crippen molar-refractivity contribution >= 4 is 0 Å². The van der Waals surface area contributed by atoms with Gasteiger partial charge in [0.25, 0.3) is 0 Å². The number of benzene rings is 1. The molecule has 20 heavy (non-hydrogen) atoms. The Kier molecular flexibility index (Phi) is 3.30. The molecule has 0 radical (unpaired) electrons. The van der Waals surface area contributed by atoms with Crippen LogP contribution in [0, 0.1) is 0 Å². The van der Waals surface area contributed by atoms with Crippen molar-refractivity contribution in [2.45, 2.75) is 13.0 Å². The molecule has 0 atom stereocenters. The summed E-state index contributed by atoms with van der Waals surface area (Å²) in [5.41, 5.74) is 8.75. The van der Waals surface area contributed by atoms with E-state index in [0.717, 1.165) is 16.8 Å². The first-order chi connectivity index (χ1) is 9.78. The van der Waals surface area contributed by atoms with Gasteiger partial charge >= 0.3 is 0 Å². The van der Waals surface area contributed by atoms with E-state index in [9.17, 15) is 0 Å². The van der Waals surface area contributed by atoms with Crippen molar-refractivity contribution in [3.8, 4) is 11.5 Å². The lowest BCUT2D eigenvalue weighted by atomic mass is 10.0. The molecule has 0 aliphatic heterocycles. The maximum atomic E-state index is 5.73. The summed E-state index contributed by atoms with van der Waals surface area (Å²) in [6.07, 6.45) is 4.00. The Morgan fingerprint density at radius 2 is 2.05 bits per heavy atom. The molecule has 0 fully saturated rings. The zero-order chi connectivity index (χ0) is 13.9. The molecule has 2 aromatic heterocycles. The summed E-state index contributed by atoms with van der Waals surface area (Å²) in [6, 6.07) is 7.98. The van der Waals surface area contributed by atoms with Crippen LogP contribution in [-0.4, -0.2) is 19.7 Å². The maximum Gasteiger partial charge on any atom is 0.231 e. The number of rotatable bonds is 4. The molecule has 3 aromatic rings. The summed E-state index contributed by atoms with van der Waals surface area (Å²) in [5.74, 6) is 1.12. The van der Waals surface area contributed by atoms with E-state index in [1.165, 1.54) is 0 Å². The van der Waals surface area contributed by atoms with Gasteiger partial charge in [-0.1, -0.05) is 29.4 Å². The first-order valence-corrected chi connectivity index (χ1v) is 6.34. The van der Waals surface area contributed by atoms with Crippen molar-refractivity contribution in [2.75, 3.05) is 0 Å². The van der Waals surface area contributed by atoms with Gasteiger partial charge in [-0.25, -0.2) is 4.98 Å². The molecule has 102 valence electrons. The smallest absolute Gasteiger partial charge is 0.231 e. The van der Waals surface area contributed by atoms with Crippen molar-refractivity contribution in [1.29, 1.82) is 0 Å². The zero-order valence-corrected chi connectivity index (χ0v) is 11.2. The van der Waals surface area contributed by atoms with E-state index in [1.54, 1.807) is 12.5 Å². The SMILES string of the molecule is Cn1cncc1-c1noc(Cc2ccccc2CN)n1. The van der Waals surface area contributed by atoms with Gasteiger partial charge in [-0.15, -0.1) is 0 Å². The predicted molar refractivity (Wildman–Crippen MR) is 73.6 cm³/mol. The molecule has 6 nitrogen and oxygen atoms in total. The molecule has 0 amide bonds. The lowest BCUT2D eigenvalue weighted by molar-refractivity contribution is 0.385. The van der Waals surface area contributed by atoms with Gasteiger partial charge in [-0.05, 0) is 11.1 Å². The average Bonchev–Trinajstić information content (AvgIpc) is 3.08. The van der Waals surface area contributed by atoms with Crippen LogP contribution in [0.15, 0.2) is 41.3 Å². The largest absolute Gasteiger partial charge is 0.339 e. The number of imidazole rings is 1. The van der Waals surface area contributed by atoms with E-state index in [0.29, 0.717) is 24.7 Å². The third kappa shape index (κ3) is 2.33. The van der Waals surface area contributed by atoms with Crippen LogP contribution in [0.4, 0.5) is 0 Å². The van der Waals surface area contributed by atoms with Crippen LogP contribution in [0.25, 0.3) is 11.5 Å². The zero-order valence-electron chi connectivity index (χ0n) is 11.2. The number of aryl methyl sites for hydroxylation is 1. The first-order valence-electron chi connectivity index (χ1n) is 6.34. The van der Waals surface area contributed by atoms with Gasteiger partial charge < -0.3 is 14.8 Å². The Bertz CT molecular complexity index is 716. The third-order valence-electron chi connectivity index (χ3n) is 3.19. The molecular weight excluding hydrogens is 254 g/mol. The van der Waals surface area contributed by atoms with Gasteiger partial charge in [-0.3, -0.25) is 0 Å². The second kappa shape index (κ2) is 5.26. The van der Waals surface area contributed by atoms with E-state index < -0.39 is 0 Å². The van der Waals surface area contributed by atoms with Crippen molar-refractivity contribution < 1.29 is 4.52 Å². The fraction of sp³-hybridized carbons (Fsp3) is 0.214. The monoisotopic (exact) mass is 269 g/mol. The quantitative estimate of drug-likeness (QED) is 0.776. The maximum absolute atomic E-state index is 5.73. The molecular formula is C14H15N5O. The van der Waals surface area contributed by atoms with Gasteiger partial charge in [0.05, 0.1) is 18.9 Å². The molecule has 0 aliphatic carbocycles. The summed E-state index contributed by atoms with van der Waals surface area (Å²) in [6.45, 7) is 0.499. The van der Waals surface area contributed by atoms with Crippen LogP contribution < -0.4 is 5.73 Å². The van der Waals surface area contributed by atoms with Crippen LogP contribution >= 0.6 is 0 Å². The molecule has 0 saturated heterocycles. The normalized spacial score (nSPS) is 10.9. The first kappa shape index (κ1) is 12.6. The number of nitrogens with two attached hydrogens (primary N) is 1. The number of nitrogens with zero attached hydrogens (tertiary/aromatic N) is 4. The van der Waals surface area contributed by atoms with Crippen molar-refractivity contribution in [2.24, 2.45) is 12.8 Å². The Morgan fingerprint density at radius 1 is 1.25 bits per heavy atom. The Morgan fingerprint density at radius 3 is 2.75 bits per heavy atom. The highest BCUT2D eigenvalue weighted by molar-refractivity contribution is 5.47. The van der Waals surface area contributed by atoms with E-state index in [-0.39, 0.29) is 0 Å². The number of aromatic nitrogens is 4. The lowest BCUT2D eigenvalue weighted by Crippen LogP contribution is -2.02. The molecule has 1 aromatic carbocycles. The molecule has 0 bridgehead atoms. The van der Waals surface area contributed by atoms with Gasteiger partial charge in [0, 0.05) is 13.6 Å². The van der Waals surface area contributed by atoms with Crippen LogP contribution in [0.3, 0.4) is 0 Å². The highest BCUT2D eigenvalue weighted by Gasteiger charge is 2.12. The molecule has 0 aliphatic rings. The summed E-state index contributed by atoms with van der Waals surface area (Å²) in [4.78, 5) is 8.45. The minimum Gasteiger partial charge on any atom is -0.339 e. The van der Waals surface area contributed by atoms with E-state index in [1.807, 2.05) is 35.9 Å². The van der Waals surface area contributed by atoms with Crippen LogP contribution in [0.5, 0.6) is 0 Å². The van der Waals surface area contributed by atoms with Gasteiger partial charge in [-0.2, -0.15) is 4.98 Å². The Hall–Kier alpha value is -2.47. The molecule has 2 heterocycles. The summed E-state index contributed by atoms with van der Waals surface area (Å²) < 4.78 is 7.15. The van der Waals surface area contributed by atoms with Crippen molar-refractivity contribution in [3.63, 3.8) is 0 Å². The van der Waals surface area contributed by atoms with Crippen molar-refractivity contribution in [3.05, 3.63) is 53.8 Å². The standard InChI is InChI=1S/C14H15N5O/c1-19-9-16-8-12(19)14-17-13(20-18-14)6-10-4-2-3-5-11(10)7-15/h2-5,8-9H,6-7,15H2,1H3. The molecule has 3 rings (SSSR count). The Balaban J connectivity index is 1.86. The van der Waals surface area contributed by atoms with Gasteiger partial charge in [0.1, 0.15) is 5.69 Å². The number of hydrogen-bond acceptors (Lipinski definition) is 5. The highest BCUT2D eigenvalue weighted by atomic mass is 16.5. The predicted octanol–water partition coefficient (Wildman–Crippen LogP) is 1.52. The highest BCUT2D eigenvalue weighted by Crippen LogP contribution is 2.17. The summed E-state index contributed by atoms with van der Waals surface area (Å²) >= 11 is 0. The van der Waals surface area contributed by atoms with E-state index >= 15 is 0 Å². The van der Waals surface area contributed by atoms with Crippen molar-refractivity contribution in [1.82, 2.24) is 19.7 Å². The molecule has 0 spiro atoms. The van der Waals surface area contributed by atoms with Crippen LogP contribution in [-0.2, 0) is 20.0 Å². The van der Waals surface area contributed by atoms with Gasteiger partial charge in [0.2, 0.25) is 11.7 Å². The second-order valence-electron chi connectivity index (χ2n) is 4.55. The molecule has 2 N–H and O–H groups in total. The summed E-state index contributed by atoms with van der Waals surface area (Å²) in [5, 5.41) is 3.99. The minimum absolute atomic E-state index is 0.499. The van der Waals surface area contributed by atoms with Gasteiger partial charge in [0.15, 0.2) is 0 Å². The van der Waals surface area contributed by atoms with Crippen LogP contribution in [0.2, 0.25) is 0 Å². The van der Waals surface area contributed by atoms with Crippen LogP contribution in [0.1, 0.15) is 17.0 Å². The second-order valence-corrected chi connectivity index (χ2v) is 4.55.